The van der Waals surface area contributed by atoms with Crippen LogP contribution < -0.4 is 21.7 Å². The summed E-state index contributed by atoms with van der Waals surface area (Å²) >= 11 is 0. The highest BCUT2D eigenvalue weighted by Gasteiger charge is 2.32. The zero-order valence-electron chi connectivity index (χ0n) is 14.7. The molecule has 0 aromatic heterocycles. The largest absolute Gasteiger partial charge is 0.481 e. The number of aliphatic carboxylic acids is 3. The minimum Gasteiger partial charge on any atom is -0.481 e. The molecule has 14 heteroatoms. The van der Waals surface area contributed by atoms with Crippen LogP contribution in [0.1, 0.15) is 19.8 Å². The fourth-order valence-electron chi connectivity index (χ4n) is 1.88. The molecule has 0 aromatic rings. The molecule has 0 aliphatic carbocycles. The SMILES string of the molecule is CC(O)C(NC(=O)C(CC(=O)O)NC(=O)C(N)CC(=O)O)C(=O)NCC(=O)O. The van der Waals surface area contributed by atoms with E-state index in [0.717, 1.165) is 6.92 Å². The van der Waals surface area contributed by atoms with Crippen molar-refractivity contribution >= 4 is 35.6 Å². The lowest BCUT2D eigenvalue weighted by molar-refractivity contribution is -0.143. The Balaban J connectivity index is 5.22. The van der Waals surface area contributed by atoms with E-state index in [4.69, 9.17) is 21.1 Å². The van der Waals surface area contributed by atoms with Crippen molar-refractivity contribution in [3.8, 4) is 0 Å². The third kappa shape index (κ3) is 9.44. The van der Waals surface area contributed by atoms with Crippen LogP contribution in [0.2, 0.25) is 0 Å². The molecule has 0 rings (SSSR count). The van der Waals surface area contributed by atoms with Crippen LogP contribution in [-0.4, -0.2) is 86.8 Å². The van der Waals surface area contributed by atoms with Gasteiger partial charge in [-0.15, -0.1) is 0 Å². The molecule has 0 spiro atoms. The minimum absolute atomic E-state index is 0.777. The first-order valence-electron chi connectivity index (χ1n) is 7.82. The number of carbonyl (C=O) groups is 6. The van der Waals surface area contributed by atoms with Gasteiger partial charge in [-0.25, -0.2) is 0 Å². The van der Waals surface area contributed by atoms with Crippen molar-refractivity contribution in [2.24, 2.45) is 5.73 Å². The van der Waals surface area contributed by atoms with E-state index < -0.39 is 79.2 Å². The zero-order chi connectivity index (χ0) is 22.0. The second-order valence-corrected chi connectivity index (χ2v) is 5.70. The van der Waals surface area contributed by atoms with E-state index in [2.05, 4.69) is 0 Å². The molecular formula is C14H22N4O10. The number of carboxylic acids is 3. The summed E-state index contributed by atoms with van der Waals surface area (Å²) in [6, 6.07) is -4.95. The third-order valence-electron chi connectivity index (χ3n) is 3.22. The Morgan fingerprint density at radius 1 is 0.821 bits per heavy atom. The summed E-state index contributed by atoms with van der Waals surface area (Å²) < 4.78 is 0. The maximum atomic E-state index is 12.3. The van der Waals surface area contributed by atoms with Crippen LogP contribution in [0.15, 0.2) is 0 Å². The number of hydrogen-bond donors (Lipinski definition) is 8. The van der Waals surface area contributed by atoms with Gasteiger partial charge in [0.1, 0.15) is 18.6 Å². The Morgan fingerprint density at radius 2 is 1.36 bits per heavy atom. The second kappa shape index (κ2) is 11.5. The molecule has 0 saturated heterocycles. The van der Waals surface area contributed by atoms with Gasteiger partial charge in [-0.2, -0.15) is 0 Å². The molecule has 3 amide bonds. The monoisotopic (exact) mass is 406 g/mol. The normalized spacial score (nSPS) is 14.7. The molecule has 28 heavy (non-hydrogen) atoms. The van der Waals surface area contributed by atoms with Gasteiger partial charge in [-0.1, -0.05) is 0 Å². The van der Waals surface area contributed by atoms with Crippen LogP contribution in [0.5, 0.6) is 0 Å². The van der Waals surface area contributed by atoms with E-state index >= 15 is 0 Å². The average molecular weight is 406 g/mol. The third-order valence-corrected chi connectivity index (χ3v) is 3.22. The first-order chi connectivity index (χ1) is 12.8. The summed E-state index contributed by atoms with van der Waals surface area (Å²) in [5.41, 5.74) is 5.33. The molecule has 14 nitrogen and oxygen atoms in total. The van der Waals surface area contributed by atoms with Crippen molar-refractivity contribution in [1.82, 2.24) is 16.0 Å². The van der Waals surface area contributed by atoms with E-state index in [1.807, 2.05) is 16.0 Å². The number of amides is 3. The lowest BCUT2D eigenvalue weighted by Crippen LogP contribution is -2.59. The number of nitrogens with one attached hydrogen (secondary N) is 3. The summed E-state index contributed by atoms with van der Waals surface area (Å²) in [6.07, 6.45) is -3.20. The Bertz CT molecular complexity index is 636. The molecule has 0 fully saturated rings. The first-order valence-corrected chi connectivity index (χ1v) is 7.82. The second-order valence-electron chi connectivity index (χ2n) is 5.70. The van der Waals surface area contributed by atoms with Crippen molar-refractivity contribution < 1.29 is 49.2 Å². The van der Waals surface area contributed by atoms with E-state index in [1.165, 1.54) is 0 Å². The maximum absolute atomic E-state index is 12.3. The number of rotatable bonds is 12. The van der Waals surface area contributed by atoms with Gasteiger partial charge in [0.25, 0.3) is 0 Å². The van der Waals surface area contributed by atoms with Crippen LogP contribution in [0.4, 0.5) is 0 Å². The smallest absolute Gasteiger partial charge is 0.322 e. The Kier molecular flexibility index (Phi) is 10.1. The molecule has 0 aliphatic rings. The highest BCUT2D eigenvalue weighted by Crippen LogP contribution is 2.00. The van der Waals surface area contributed by atoms with Crippen molar-refractivity contribution in [1.29, 1.82) is 0 Å². The Hall–Kier alpha value is -3.26. The van der Waals surface area contributed by atoms with E-state index in [1.54, 1.807) is 0 Å². The summed E-state index contributed by atoms with van der Waals surface area (Å²) in [6.45, 7) is 0.316. The van der Waals surface area contributed by atoms with Crippen LogP contribution in [0, 0.1) is 0 Å². The summed E-state index contributed by atoms with van der Waals surface area (Å²) in [5.74, 6) is -7.65. The summed E-state index contributed by atoms with van der Waals surface area (Å²) in [7, 11) is 0. The lowest BCUT2D eigenvalue weighted by Gasteiger charge is -2.24. The van der Waals surface area contributed by atoms with Gasteiger partial charge in [-0.3, -0.25) is 28.8 Å². The van der Waals surface area contributed by atoms with Gasteiger partial charge in [0.15, 0.2) is 0 Å². The van der Waals surface area contributed by atoms with E-state index in [9.17, 15) is 33.9 Å². The predicted molar refractivity (Wildman–Crippen MR) is 88.7 cm³/mol. The fraction of sp³-hybridized carbons (Fsp3) is 0.571. The average Bonchev–Trinajstić information content (AvgIpc) is 2.55. The number of hydrogen-bond acceptors (Lipinski definition) is 8. The Labute approximate surface area is 158 Å². The van der Waals surface area contributed by atoms with Gasteiger partial charge in [0.2, 0.25) is 17.7 Å². The van der Waals surface area contributed by atoms with Crippen LogP contribution in [-0.2, 0) is 28.8 Å². The number of nitrogens with two attached hydrogens (primary N) is 1. The number of carboxylic acid groups (broad SMARTS) is 3. The van der Waals surface area contributed by atoms with Crippen molar-refractivity contribution in [2.75, 3.05) is 6.54 Å². The first kappa shape index (κ1) is 24.7. The van der Waals surface area contributed by atoms with Crippen LogP contribution in [0.25, 0.3) is 0 Å². The fourth-order valence-corrected chi connectivity index (χ4v) is 1.88. The van der Waals surface area contributed by atoms with Crippen LogP contribution in [0.3, 0.4) is 0 Å². The topological polar surface area (TPSA) is 245 Å². The zero-order valence-corrected chi connectivity index (χ0v) is 14.7. The molecule has 0 heterocycles. The summed E-state index contributed by atoms with van der Waals surface area (Å²) in [4.78, 5) is 68.0. The summed E-state index contributed by atoms with van der Waals surface area (Å²) in [5, 5.41) is 41.5. The molecule has 4 atom stereocenters. The molecule has 0 aliphatic heterocycles. The number of aliphatic hydroxyl groups is 1. The van der Waals surface area contributed by atoms with Gasteiger partial charge >= 0.3 is 17.9 Å². The van der Waals surface area contributed by atoms with Crippen LogP contribution >= 0.6 is 0 Å². The van der Waals surface area contributed by atoms with Crippen molar-refractivity contribution in [3.63, 3.8) is 0 Å². The molecule has 0 radical (unpaired) electrons. The van der Waals surface area contributed by atoms with Crippen molar-refractivity contribution in [2.45, 2.75) is 44.0 Å². The van der Waals surface area contributed by atoms with E-state index in [0.29, 0.717) is 0 Å². The van der Waals surface area contributed by atoms with E-state index in [-0.39, 0.29) is 0 Å². The van der Waals surface area contributed by atoms with Gasteiger partial charge < -0.3 is 42.1 Å². The van der Waals surface area contributed by atoms with Gasteiger partial charge in [0, 0.05) is 0 Å². The standard InChI is InChI=1S/C14H22N4O10/c1-5(19)11(14(28)16-4-10(24)25)18-13(27)7(3-9(22)23)17-12(26)6(15)2-8(20)21/h5-7,11,19H,2-4,15H2,1H3,(H,16,28)(H,17,26)(H,18,27)(H,20,21)(H,22,23)(H,24,25). The molecule has 0 saturated carbocycles. The molecule has 158 valence electrons. The molecule has 0 aromatic carbocycles. The Morgan fingerprint density at radius 3 is 1.79 bits per heavy atom. The highest BCUT2D eigenvalue weighted by molar-refractivity contribution is 5.96. The maximum Gasteiger partial charge on any atom is 0.322 e. The van der Waals surface area contributed by atoms with Crippen molar-refractivity contribution in [3.05, 3.63) is 0 Å². The molecular weight excluding hydrogens is 384 g/mol. The molecule has 0 bridgehead atoms. The molecule has 4 unspecified atom stereocenters. The highest BCUT2D eigenvalue weighted by atomic mass is 16.4. The molecule has 9 N–H and O–H groups in total. The predicted octanol–water partition coefficient (Wildman–Crippen LogP) is -4.19. The number of aliphatic hydroxyl groups excluding tert-OH is 1. The minimum atomic E-state index is -1.74. The van der Waals surface area contributed by atoms with Gasteiger partial charge in [-0.05, 0) is 6.92 Å². The number of carbonyl (C=O) groups excluding carboxylic acids is 3. The van der Waals surface area contributed by atoms with Gasteiger partial charge in [0.05, 0.1) is 25.0 Å². The lowest BCUT2D eigenvalue weighted by atomic mass is 10.1. The quantitative estimate of drug-likeness (QED) is 0.154.